The summed E-state index contributed by atoms with van der Waals surface area (Å²) >= 11 is 0. The quantitative estimate of drug-likeness (QED) is 0.370. The Morgan fingerprint density at radius 2 is 1.72 bits per heavy atom. The molecule has 196 valence electrons. The summed E-state index contributed by atoms with van der Waals surface area (Å²) in [6.07, 6.45) is -4.67. The fourth-order valence-corrected chi connectivity index (χ4v) is 4.39. The molecule has 4 rings (SSSR count). The molecule has 2 aliphatic heterocycles. The van der Waals surface area contributed by atoms with Gasteiger partial charge in [-0.05, 0) is 42.5 Å². The first-order valence-electron chi connectivity index (χ1n) is 9.79. The predicted octanol–water partition coefficient (Wildman–Crippen LogP) is 6.17. The SMILES string of the molecule is COC(=O)C12COc3cc(C(F)(F)F)ccc3C1=NN(C(=O)Nc1ccc(S(F)(F)(F)(F)F)cc1)C2. The number of methoxy groups -OCH3 is 1. The predicted molar refractivity (Wildman–Crippen MR) is 111 cm³/mol. The number of fused-ring (bicyclic) bond motifs is 3. The monoisotopic (exact) mass is 545 g/mol. The number of nitrogens with zero attached hydrogens (tertiary/aromatic N) is 2. The van der Waals surface area contributed by atoms with Crippen molar-refractivity contribution in [2.45, 2.75) is 11.1 Å². The first-order chi connectivity index (χ1) is 16.3. The highest BCUT2D eigenvalue weighted by atomic mass is 32.5. The van der Waals surface area contributed by atoms with Gasteiger partial charge in [-0.25, -0.2) is 9.80 Å². The van der Waals surface area contributed by atoms with Gasteiger partial charge < -0.3 is 14.8 Å². The Labute approximate surface area is 197 Å². The Morgan fingerprint density at radius 1 is 1.08 bits per heavy atom. The highest BCUT2D eigenvalue weighted by Gasteiger charge is 2.65. The average molecular weight is 545 g/mol. The Kier molecular flexibility index (Phi) is 5.13. The number of alkyl halides is 3. The maximum atomic E-state index is 13.1. The number of anilines is 1. The van der Waals surface area contributed by atoms with Gasteiger partial charge in [0.25, 0.3) is 0 Å². The van der Waals surface area contributed by atoms with Crippen molar-refractivity contribution in [3.63, 3.8) is 0 Å². The summed E-state index contributed by atoms with van der Waals surface area (Å²) in [6, 6.07) is 2.82. The molecule has 2 amide bonds. The number of esters is 1. The number of rotatable bonds is 3. The molecular weight excluding hydrogens is 530 g/mol. The van der Waals surface area contributed by atoms with Gasteiger partial charge in [-0.2, -0.15) is 18.3 Å². The Balaban J connectivity index is 1.64. The lowest BCUT2D eigenvalue weighted by molar-refractivity contribution is -0.150. The highest BCUT2D eigenvalue weighted by Crippen LogP contribution is 3.02. The number of hydrogen-bond acceptors (Lipinski definition) is 5. The van der Waals surface area contributed by atoms with Crippen molar-refractivity contribution in [2.75, 3.05) is 25.6 Å². The molecule has 0 radical (unpaired) electrons. The van der Waals surface area contributed by atoms with Gasteiger partial charge >= 0.3 is 28.4 Å². The summed E-state index contributed by atoms with van der Waals surface area (Å²) in [6.45, 7) is -1.000. The van der Waals surface area contributed by atoms with Crippen molar-refractivity contribution in [3.8, 4) is 5.75 Å². The van der Waals surface area contributed by atoms with E-state index in [1.54, 1.807) is 0 Å². The summed E-state index contributed by atoms with van der Waals surface area (Å²) in [5.74, 6) is -1.14. The van der Waals surface area contributed by atoms with Crippen LogP contribution >= 0.6 is 10.2 Å². The number of ether oxygens (including phenoxy) is 2. The van der Waals surface area contributed by atoms with Crippen LogP contribution in [0, 0.1) is 5.41 Å². The number of carbonyl (C=O) groups is 2. The lowest BCUT2D eigenvalue weighted by Gasteiger charge is -2.40. The third kappa shape index (κ3) is 4.52. The van der Waals surface area contributed by atoms with Crippen molar-refractivity contribution in [2.24, 2.45) is 10.5 Å². The number of benzene rings is 2. The van der Waals surface area contributed by atoms with Gasteiger partial charge in [0.15, 0.2) is 5.41 Å². The molecule has 1 unspecified atom stereocenters. The van der Waals surface area contributed by atoms with Crippen molar-refractivity contribution in [1.29, 1.82) is 0 Å². The molecule has 16 heteroatoms. The van der Waals surface area contributed by atoms with Crippen molar-refractivity contribution in [1.82, 2.24) is 5.01 Å². The molecule has 1 atom stereocenters. The van der Waals surface area contributed by atoms with Crippen molar-refractivity contribution < 1.29 is 51.7 Å². The first kappa shape index (κ1) is 25.5. The molecule has 7 nitrogen and oxygen atoms in total. The smallest absolute Gasteiger partial charge is 0.416 e. The normalized spacial score (nSPS) is 21.2. The molecule has 2 aromatic rings. The van der Waals surface area contributed by atoms with Gasteiger partial charge in [-0.15, -0.1) is 0 Å². The van der Waals surface area contributed by atoms with Crippen LogP contribution < -0.4 is 10.1 Å². The fraction of sp³-hybridized carbons (Fsp3) is 0.250. The van der Waals surface area contributed by atoms with E-state index in [9.17, 15) is 42.2 Å². The summed E-state index contributed by atoms with van der Waals surface area (Å²) in [5.41, 5.74) is -3.13. The lowest BCUT2D eigenvalue weighted by atomic mass is 9.78. The van der Waals surface area contributed by atoms with Gasteiger partial charge in [0.2, 0.25) is 0 Å². The van der Waals surface area contributed by atoms with E-state index in [0.29, 0.717) is 23.2 Å². The van der Waals surface area contributed by atoms with Crippen LogP contribution in [0.25, 0.3) is 0 Å². The van der Waals surface area contributed by atoms with Crippen molar-refractivity contribution in [3.05, 3.63) is 53.6 Å². The van der Waals surface area contributed by atoms with Crippen LogP contribution in [0.5, 0.6) is 5.75 Å². The van der Waals surface area contributed by atoms with E-state index < -0.39 is 57.4 Å². The van der Waals surface area contributed by atoms with Gasteiger partial charge in [-0.3, -0.25) is 4.79 Å². The summed E-state index contributed by atoms with van der Waals surface area (Å²) in [5, 5.41) is 6.91. The van der Waals surface area contributed by atoms with E-state index in [4.69, 9.17) is 9.47 Å². The maximum absolute atomic E-state index is 13.1. The van der Waals surface area contributed by atoms with E-state index >= 15 is 0 Å². The molecule has 0 bridgehead atoms. The van der Waals surface area contributed by atoms with Crippen molar-refractivity contribution >= 4 is 33.6 Å². The summed E-state index contributed by atoms with van der Waals surface area (Å²) < 4.78 is 114. The van der Waals surface area contributed by atoms with E-state index in [0.717, 1.165) is 19.2 Å². The first-order valence-corrected chi connectivity index (χ1v) is 11.7. The second-order valence-corrected chi connectivity index (χ2v) is 10.4. The zero-order chi connectivity index (χ0) is 26.8. The molecule has 1 N–H and O–H groups in total. The zero-order valence-corrected chi connectivity index (χ0v) is 18.7. The molecule has 2 heterocycles. The van der Waals surface area contributed by atoms with Crippen LogP contribution in [0.4, 0.5) is 43.1 Å². The van der Waals surface area contributed by atoms with Crippen LogP contribution in [0.3, 0.4) is 0 Å². The van der Waals surface area contributed by atoms with Gasteiger partial charge in [-0.1, -0.05) is 19.4 Å². The Bertz CT molecular complexity index is 1300. The molecule has 2 aromatic carbocycles. The minimum atomic E-state index is -9.91. The van der Waals surface area contributed by atoms with Gasteiger partial charge in [0.1, 0.15) is 17.3 Å². The fourth-order valence-electron chi connectivity index (χ4n) is 3.74. The maximum Gasteiger partial charge on any atom is 0.416 e. The Morgan fingerprint density at radius 3 is 2.28 bits per heavy atom. The topological polar surface area (TPSA) is 80.2 Å². The molecule has 0 aromatic heterocycles. The molecular formula is C20H15F8N3O4S. The minimum Gasteiger partial charge on any atom is -0.491 e. The third-order valence-electron chi connectivity index (χ3n) is 5.49. The van der Waals surface area contributed by atoms with Crippen LogP contribution in [-0.2, 0) is 15.7 Å². The van der Waals surface area contributed by atoms with E-state index in [1.807, 2.05) is 0 Å². The molecule has 0 spiro atoms. The van der Waals surface area contributed by atoms with Gasteiger partial charge in [0, 0.05) is 11.3 Å². The Hall–Kier alpha value is -3.56. The summed E-state index contributed by atoms with van der Waals surface area (Å²) in [7, 11) is -8.87. The minimum absolute atomic E-state index is 0.00446. The number of nitrogens with one attached hydrogen (secondary N) is 1. The number of amides is 2. The highest BCUT2D eigenvalue weighted by molar-refractivity contribution is 8.45. The van der Waals surface area contributed by atoms with E-state index in [1.165, 1.54) is 0 Å². The average Bonchev–Trinajstić information content (AvgIpc) is 3.18. The largest absolute Gasteiger partial charge is 0.491 e. The van der Waals surface area contributed by atoms with E-state index in [2.05, 4.69) is 10.4 Å². The second kappa shape index (κ2) is 7.24. The lowest BCUT2D eigenvalue weighted by Crippen LogP contribution is -2.50. The van der Waals surface area contributed by atoms with Crippen LogP contribution in [0.1, 0.15) is 11.1 Å². The molecule has 0 saturated carbocycles. The second-order valence-electron chi connectivity index (χ2n) is 8.00. The van der Waals surface area contributed by atoms with E-state index in [-0.39, 0.29) is 34.8 Å². The third-order valence-corrected chi connectivity index (χ3v) is 6.66. The molecule has 36 heavy (non-hydrogen) atoms. The van der Waals surface area contributed by atoms with Crippen LogP contribution in [-0.4, -0.2) is 43.0 Å². The number of urea groups is 1. The number of halogens is 8. The molecule has 0 fully saturated rings. The molecule has 0 aliphatic carbocycles. The molecule has 2 aliphatic rings. The number of carbonyl (C=O) groups excluding carboxylic acids is 2. The standard InChI is InChI=1S/C20H15F8N3O4S/c1-34-17(32)19-9-31(18(33)29-12-3-5-13(6-4-12)36(24,25,26,27)28)30-16(19)14-7-2-11(20(21,22)23)8-15(14)35-10-19/h2-8H,9-10H2,1H3,(H,29,33). The van der Waals surface area contributed by atoms with Crippen LogP contribution in [0.2, 0.25) is 0 Å². The van der Waals surface area contributed by atoms with Gasteiger partial charge in [0.05, 0.1) is 24.9 Å². The molecule has 0 saturated heterocycles. The number of hydrazone groups is 1. The summed E-state index contributed by atoms with van der Waals surface area (Å²) in [4.78, 5) is 23.2. The zero-order valence-electron chi connectivity index (χ0n) is 17.9. The number of hydrogen-bond donors (Lipinski definition) is 1. The van der Waals surface area contributed by atoms with Crippen LogP contribution in [0.15, 0.2) is 52.5 Å².